The standard InChI is InChI=1S/C70H118O6/c1-4-7-10-13-16-19-21-23-25-26-27-28-29-30-31-32-33-34-35-36-37-38-39-40-41-42-43-44-46-47-49-51-54-57-60-63-69(72)75-66-67(65-74-68(71)62-59-56-53-18-15-12-9-6-3)76-70(73)64-61-58-55-52-50-48-45-24-22-20-17-14-11-8-5-2/h7,10,16,19,23,25,27-28,30-31,33-34,36-37,39-40,42-43,67H,4-6,8-9,11-15,17-18,20-22,24,26,29,32,35,38,41,44-66H2,1-3H3/b10-7-,19-16-,25-23-,28-27-,31-30-,34-33-,37-36-,40-39-,43-42-. The Morgan fingerprint density at radius 3 is 0.803 bits per heavy atom. The monoisotopic (exact) mass is 1050 g/mol. The quantitative estimate of drug-likeness (QED) is 0.0261. The van der Waals surface area contributed by atoms with Crippen molar-refractivity contribution in [1.82, 2.24) is 0 Å². The molecule has 0 aliphatic carbocycles. The zero-order valence-electron chi connectivity index (χ0n) is 49.7. The minimum absolute atomic E-state index is 0.0777. The number of carbonyl (C=O) groups is 3. The molecule has 0 heterocycles. The highest BCUT2D eigenvalue weighted by molar-refractivity contribution is 5.71. The Labute approximate surface area is 470 Å². The van der Waals surface area contributed by atoms with Crippen molar-refractivity contribution in [1.29, 1.82) is 0 Å². The third-order valence-corrected chi connectivity index (χ3v) is 13.5. The first-order chi connectivity index (χ1) is 37.5. The summed E-state index contributed by atoms with van der Waals surface area (Å²) in [5, 5.41) is 0. The molecule has 0 aliphatic rings. The second-order valence-corrected chi connectivity index (χ2v) is 21.0. The summed E-state index contributed by atoms with van der Waals surface area (Å²) in [6.45, 7) is 6.50. The molecule has 6 heteroatoms. The van der Waals surface area contributed by atoms with Gasteiger partial charge >= 0.3 is 17.9 Å². The number of hydrogen-bond acceptors (Lipinski definition) is 6. The molecule has 6 nitrogen and oxygen atoms in total. The molecule has 0 aliphatic heterocycles. The molecule has 0 fully saturated rings. The summed E-state index contributed by atoms with van der Waals surface area (Å²) in [4.78, 5) is 38.1. The lowest BCUT2D eigenvalue weighted by Crippen LogP contribution is -2.30. The predicted molar refractivity (Wildman–Crippen MR) is 330 cm³/mol. The van der Waals surface area contributed by atoms with Crippen molar-refractivity contribution in [3.05, 3.63) is 109 Å². The van der Waals surface area contributed by atoms with Crippen molar-refractivity contribution in [2.45, 2.75) is 303 Å². The van der Waals surface area contributed by atoms with Gasteiger partial charge in [0.15, 0.2) is 6.10 Å². The van der Waals surface area contributed by atoms with Crippen molar-refractivity contribution in [2.24, 2.45) is 0 Å². The van der Waals surface area contributed by atoms with Crippen LogP contribution in [0.3, 0.4) is 0 Å². The van der Waals surface area contributed by atoms with Gasteiger partial charge in [-0.2, -0.15) is 0 Å². The maximum Gasteiger partial charge on any atom is 0.306 e. The van der Waals surface area contributed by atoms with Crippen molar-refractivity contribution in [3.63, 3.8) is 0 Å². The molecule has 0 bridgehead atoms. The molecule has 0 aromatic heterocycles. The first-order valence-electron chi connectivity index (χ1n) is 31.9. The lowest BCUT2D eigenvalue weighted by molar-refractivity contribution is -0.167. The highest BCUT2D eigenvalue weighted by Crippen LogP contribution is 2.16. The number of unbranched alkanes of at least 4 members (excludes halogenated alkanes) is 28. The van der Waals surface area contributed by atoms with Crippen LogP contribution in [0.1, 0.15) is 297 Å². The molecule has 1 atom stereocenters. The number of hydrogen-bond donors (Lipinski definition) is 0. The Morgan fingerprint density at radius 2 is 0.513 bits per heavy atom. The van der Waals surface area contributed by atoms with Gasteiger partial charge in [-0.15, -0.1) is 0 Å². The largest absolute Gasteiger partial charge is 0.462 e. The first kappa shape index (κ1) is 72.1. The summed E-state index contributed by atoms with van der Waals surface area (Å²) in [6.07, 6.45) is 86.8. The molecule has 0 N–H and O–H groups in total. The van der Waals surface area contributed by atoms with E-state index in [9.17, 15) is 14.4 Å². The lowest BCUT2D eigenvalue weighted by atomic mass is 10.0. The second-order valence-electron chi connectivity index (χ2n) is 21.0. The van der Waals surface area contributed by atoms with Gasteiger partial charge in [-0.25, -0.2) is 0 Å². The van der Waals surface area contributed by atoms with Crippen molar-refractivity contribution >= 4 is 17.9 Å². The average molecular weight is 1060 g/mol. The van der Waals surface area contributed by atoms with Crippen LogP contribution in [-0.4, -0.2) is 37.2 Å². The van der Waals surface area contributed by atoms with E-state index in [-0.39, 0.29) is 31.1 Å². The minimum atomic E-state index is -0.778. The van der Waals surface area contributed by atoms with E-state index in [2.05, 4.69) is 130 Å². The Morgan fingerprint density at radius 1 is 0.276 bits per heavy atom. The Hall–Kier alpha value is -3.93. The maximum absolute atomic E-state index is 12.8. The van der Waals surface area contributed by atoms with E-state index in [1.165, 1.54) is 135 Å². The summed E-state index contributed by atoms with van der Waals surface area (Å²) in [6, 6.07) is 0. The van der Waals surface area contributed by atoms with Crippen molar-refractivity contribution < 1.29 is 28.6 Å². The highest BCUT2D eigenvalue weighted by Gasteiger charge is 2.19. The van der Waals surface area contributed by atoms with Gasteiger partial charge in [-0.05, 0) is 89.9 Å². The zero-order valence-corrected chi connectivity index (χ0v) is 49.7. The van der Waals surface area contributed by atoms with Crippen LogP contribution in [-0.2, 0) is 28.6 Å². The van der Waals surface area contributed by atoms with E-state index in [0.717, 1.165) is 122 Å². The smallest absolute Gasteiger partial charge is 0.306 e. The van der Waals surface area contributed by atoms with Gasteiger partial charge in [-0.3, -0.25) is 14.4 Å². The molecule has 0 spiro atoms. The Kier molecular flexibility index (Phi) is 60.3. The first-order valence-corrected chi connectivity index (χ1v) is 31.9. The lowest BCUT2D eigenvalue weighted by Gasteiger charge is -2.18. The molecule has 0 rings (SSSR count). The van der Waals surface area contributed by atoms with Gasteiger partial charge < -0.3 is 14.2 Å². The van der Waals surface area contributed by atoms with E-state index in [4.69, 9.17) is 14.2 Å². The maximum atomic E-state index is 12.8. The van der Waals surface area contributed by atoms with Crippen LogP contribution in [0.15, 0.2) is 109 Å². The van der Waals surface area contributed by atoms with Gasteiger partial charge in [0.2, 0.25) is 0 Å². The van der Waals surface area contributed by atoms with Gasteiger partial charge in [0.1, 0.15) is 13.2 Å². The summed E-state index contributed by atoms with van der Waals surface area (Å²) in [7, 11) is 0. The molecule has 76 heavy (non-hydrogen) atoms. The number of ether oxygens (including phenoxy) is 3. The summed E-state index contributed by atoms with van der Waals surface area (Å²) >= 11 is 0. The van der Waals surface area contributed by atoms with E-state index in [1.807, 2.05) is 0 Å². The summed E-state index contributed by atoms with van der Waals surface area (Å²) < 4.78 is 16.8. The van der Waals surface area contributed by atoms with Crippen LogP contribution in [0.25, 0.3) is 0 Å². The third-order valence-electron chi connectivity index (χ3n) is 13.5. The normalized spacial score (nSPS) is 12.8. The molecule has 434 valence electrons. The van der Waals surface area contributed by atoms with Crippen LogP contribution in [0, 0.1) is 0 Å². The van der Waals surface area contributed by atoms with Crippen LogP contribution < -0.4 is 0 Å². The SMILES string of the molecule is CC/C=C\C/C=C\C/C=C\C/C=C\C/C=C\C/C=C\C/C=C\C/C=C\C/C=C\CCCCCCCCCC(=O)OCC(COC(=O)CCCCCCCCCC)OC(=O)CCCCCCCCCCCCCCCCC. The molecule has 0 aromatic carbocycles. The number of carbonyl (C=O) groups excluding carboxylic acids is 3. The fourth-order valence-electron chi connectivity index (χ4n) is 8.79. The fraction of sp³-hybridized carbons (Fsp3) is 0.700. The van der Waals surface area contributed by atoms with E-state index in [0.29, 0.717) is 19.3 Å². The van der Waals surface area contributed by atoms with Gasteiger partial charge in [0, 0.05) is 19.3 Å². The molecular formula is C70H118O6. The second kappa shape index (κ2) is 63.6. The van der Waals surface area contributed by atoms with Gasteiger partial charge in [0.25, 0.3) is 0 Å². The molecule has 0 aromatic rings. The number of rotatable bonds is 57. The van der Waals surface area contributed by atoms with Gasteiger partial charge in [0.05, 0.1) is 0 Å². The van der Waals surface area contributed by atoms with Gasteiger partial charge in [-0.1, -0.05) is 297 Å². The predicted octanol–water partition coefficient (Wildman–Crippen LogP) is 21.8. The van der Waals surface area contributed by atoms with Crippen molar-refractivity contribution in [3.8, 4) is 0 Å². The highest BCUT2D eigenvalue weighted by atomic mass is 16.6. The van der Waals surface area contributed by atoms with E-state index < -0.39 is 6.10 Å². The molecule has 0 amide bonds. The average Bonchev–Trinajstić information content (AvgIpc) is 3.42. The van der Waals surface area contributed by atoms with Crippen molar-refractivity contribution in [2.75, 3.05) is 13.2 Å². The van der Waals surface area contributed by atoms with Crippen LogP contribution >= 0.6 is 0 Å². The summed E-state index contributed by atoms with van der Waals surface area (Å²) in [5.41, 5.74) is 0. The Balaban J connectivity index is 4.15. The van der Waals surface area contributed by atoms with Crippen LogP contribution in [0.2, 0.25) is 0 Å². The van der Waals surface area contributed by atoms with E-state index >= 15 is 0 Å². The third kappa shape index (κ3) is 60.9. The zero-order chi connectivity index (χ0) is 55.0. The number of allylic oxidation sites excluding steroid dienone is 18. The van der Waals surface area contributed by atoms with Crippen LogP contribution in [0.5, 0.6) is 0 Å². The topological polar surface area (TPSA) is 78.9 Å². The van der Waals surface area contributed by atoms with Crippen LogP contribution in [0.4, 0.5) is 0 Å². The fourth-order valence-corrected chi connectivity index (χ4v) is 8.79. The van der Waals surface area contributed by atoms with E-state index in [1.54, 1.807) is 0 Å². The molecule has 0 saturated heterocycles. The number of esters is 3. The molecular weight excluding hydrogens is 937 g/mol. The molecule has 0 radical (unpaired) electrons. The molecule has 0 saturated carbocycles. The Bertz CT molecular complexity index is 1540. The summed E-state index contributed by atoms with van der Waals surface area (Å²) in [5.74, 6) is -0.886. The minimum Gasteiger partial charge on any atom is -0.462 e. The molecule has 1 unspecified atom stereocenters.